The Hall–Kier alpha value is -1.43. The zero-order valence-corrected chi connectivity index (χ0v) is 40.0. The van der Waals surface area contributed by atoms with Crippen molar-refractivity contribution < 1.29 is 29.0 Å². The van der Waals surface area contributed by atoms with Crippen LogP contribution < -0.4 is 0 Å². The summed E-state index contributed by atoms with van der Waals surface area (Å²) >= 11 is 0. The van der Waals surface area contributed by atoms with Crippen LogP contribution >= 0.6 is 0 Å². The minimum atomic E-state index is -1.47. The number of hydrogen-bond donors (Lipinski definition) is 1. The highest BCUT2D eigenvalue weighted by Gasteiger charge is 2.30. The van der Waals surface area contributed by atoms with E-state index < -0.39 is 18.2 Å². The number of Topliss-reactive ketones (excluding diaryl/α,β-unsaturated/α-hetero) is 1. The molecule has 0 saturated heterocycles. The van der Waals surface area contributed by atoms with E-state index in [4.69, 9.17) is 9.47 Å². The molecular weight excluding hydrogens is 733 g/mol. The molecule has 0 heterocycles. The molecule has 350 valence electrons. The van der Waals surface area contributed by atoms with Gasteiger partial charge in [-0.3, -0.25) is 14.4 Å². The zero-order chi connectivity index (χ0) is 43.1. The lowest BCUT2D eigenvalue weighted by atomic mass is 10.0. The Bertz CT molecular complexity index is 889. The maximum absolute atomic E-state index is 13.0. The van der Waals surface area contributed by atoms with E-state index in [0.29, 0.717) is 12.8 Å². The third kappa shape index (κ3) is 43.0. The quantitative estimate of drug-likeness (QED) is 0.0485. The third-order valence-electron chi connectivity index (χ3n) is 12.4. The van der Waals surface area contributed by atoms with Crippen LogP contribution in [-0.2, 0) is 23.9 Å². The van der Waals surface area contributed by atoms with Crippen molar-refractivity contribution in [1.82, 2.24) is 0 Å². The molecule has 0 aliphatic carbocycles. The van der Waals surface area contributed by atoms with E-state index in [9.17, 15) is 19.5 Å². The molecule has 6 nitrogen and oxygen atoms in total. The van der Waals surface area contributed by atoms with Crippen molar-refractivity contribution in [3.05, 3.63) is 0 Å². The Kier molecular flexibility index (Phi) is 46.5. The number of aliphatic hydroxyl groups is 1. The topological polar surface area (TPSA) is 89.9 Å². The first-order valence-corrected chi connectivity index (χ1v) is 26.5. The fourth-order valence-electron chi connectivity index (χ4n) is 8.26. The molecule has 0 bridgehead atoms. The van der Waals surface area contributed by atoms with Crippen LogP contribution in [0, 0.1) is 0 Å². The number of hydrogen-bond acceptors (Lipinski definition) is 6. The third-order valence-corrected chi connectivity index (χ3v) is 12.4. The maximum Gasteiger partial charge on any atom is 0.306 e. The molecule has 0 aromatic heterocycles. The summed E-state index contributed by atoms with van der Waals surface area (Å²) in [4.78, 5) is 38.5. The summed E-state index contributed by atoms with van der Waals surface area (Å²) < 4.78 is 11.2. The Labute approximate surface area is 367 Å². The first-order valence-electron chi connectivity index (χ1n) is 26.5. The van der Waals surface area contributed by atoms with Crippen molar-refractivity contribution in [2.75, 3.05) is 6.61 Å². The van der Waals surface area contributed by atoms with Gasteiger partial charge in [-0.15, -0.1) is 0 Å². The number of ketones is 1. The van der Waals surface area contributed by atoms with Crippen molar-refractivity contribution >= 4 is 17.7 Å². The normalized spacial score (nSPS) is 12.5. The van der Waals surface area contributed by atoms with Crippen LogP contribution in [0.5, 0.6) is 0 Å². The molecular formula is C53H102O6. The van der Waals surface area contributed by atoms with Gasteiger partial charge in [-0.25, -0.2) is 0 Å². The average molecular weight is 835 g/mol. The van der Waals surface area contributed by atoms with Crippen molar-refractivity contribution in [2.45, 2.75) is 315 Å². The molecule has 0 spiro atoms. The summed E-state index contributed by atoms with van der Waals surface area (Å²) in [5.74, 6) is -1.11. The van der Waals surface area contributed by atoms with Crippen LogP contribution in [0.2, 0.25) is 0 Å². The predicted octanol–water partition coefficient (Wildman–Crippen LogP) is 16.6. The number of carbonyl (C=O) groups is 3. The van der Waals surface area contributed by atoms with Crippen molar-refractivity contribution in [3.63, 3.8) is 0 Å². The van der Waals surface area contributed by atoms with Crippen LogP contribution in [0.15, 0.2) is 0 Å². The van der Waals surface area contributed by atoms with E-state index in [1.807, 2.05) is 0 Å². The number of aliphatic hydroxyl groups excluding tert-OH is 1. The SMILES string of the molecule is CCCCCCCCCCCCCCCCCC(=O)OC(COC(=O)CCCCCCCCCCCCCCC)C(O)C(=O)CCCCCCCCCCCCCCC. The molecule has 0 amide bonds. The van der Waals surface area contributed by atoms with Crippen LogP contribution in [0.4, 0.5) is 0 Å². The summed E-state index contributed by atoms with van der Waals surface area (Å²) in [6.45, 7) is 6.52. The minimum Gasteiger partial charge on any atom is -0.462 e. The molecule has 0 fully saturated rings. The van der Waals surface area contributed by atoms with E-state index in [0.717, 1.165) is 51.4 Å². The van der Waals surface area contributed by atoms with E-state index in [1.165, 1.54) is 205 Å². The fraction of sp³-hybridized carbons (Fsp3) is 0.943. The van der Waals surface area contributed by atoms with E-state index in [-0.39, 0.29) is 31.2 Å². The molecule has 0 saturated carbocycles. The average Bonchev–Trinajstić information content (AvgIpc) is 3.23. The van der Waals surface area contributed by atoms with Crippen LogP contribution in [0.25, 0.3) is 0 Å². The summed E-state index contributed by atoms with van der Waals surface area (Å²) in [6.07, 6.45) is 49.0. The Morgan fingerprint density at radius 2 is 0.576 bits per heavy atom. The Morgan fingerprint density at radius 1 is 0.339 bits per heavy atom. The fourth-order valence-corrected chi connectivity index (χ4v) is 8.26. The summed E-state index contributed by atoms with van der Waals surface area (Å²) in [5, 5.41) is 11.0. The summed E-state index contributed by atoms with van der Waals surface area (Å²) in [7, 11) is 0. The predicted molar refractivity (Wildman–Crippen MR) is 252 cm³/mol. The molecule has 2 unspecified atom stereocenters. The van der Waals surface area contributed by atoms with Crippen LogP contribution in [0.3, 0.4) is 0 Å². The molecule has 2 atom stereocenters. The summed E-state index contributed by atoms with van der Waals surface area (Å²) in [6, 6.07) is 0. The lowest BCUT2D eigenvalue weighted by Gasteiger charge is -2.22. The molecule has 1 N–H and O–H groups in total. The monoisotopic (exact) mass is 835 g/mol. The highest BCUT2D eigenvalue weighted by molar-refractivity contribution is 5.84. The van der Waals surface area contributed by atoms with Gasteiger partial charge >= 0.3 is 11.9 Å². The van der Waals surface area contributed by atoms with Gasteiger partial charge in [0, 0.05) is 19.3 Å². The number of rotatable bonds is 49. The van der Waals surface area contributed by atoms with Gasteiger partial charge in [-0.1, -0.05) is 265 Å². The highest BCUT2D eigenvalue weighted by Crippen LogP contribution is 2.18. The van der Waals surface area contributed by atoms with Gasteiger partial charge in [-0.2, -0.15) is 0 Å². The number of esters is 2. The second-order valence-corrected chi connectivity index (χ2v) is 18.3. The second kappa shape index (κ2) is 47.6. The molecule has 0 aromatic rings. The van der Waals surface area contributed by atoms with Crippen LogP contribution in [-0.4, -0.2) is 41.6 Å². The van der Waals surface area contributed by atoms with E-state index >= 15 is 0 Å². The van der Waals surface area contributed by atoms with Crippen molar-refractivity contribution in [1.29, 1.82) is 0 Å². The van der Waals surface area contributed by atoms with Gasteiger partial charge in [0.15, 0.2) is 18.0 Å². The molecule has 59 heavy (non-hydrogen) atoms. The molecule has 0 rings (SSSR count). The standard InChI is InChI=1S/C53H102O6/c1-4-7-10-13-16-19-22-25-26-29-32-35-38-41-44-47-52(56)59-50(48-58-51(55)46-43-40-37-34-31-28-24-21-18-15-12-9-6-3)53(57)49(54)45-42-39-36-33-30-27-23-20-17-14-11-8-5-2/h50,53,57H,4-48H2,1-3H3. The van der Waals surface area contributed by atoms with Crippen molar-refractivity contribution in [2.24, 2.45) is 0 Å². The number of ether oxygens (including phenoxy) is 2. The van der Waals surface area contributed by atoms with Gasteiger partial charge < -0.3 is 14.6 Å². The largest absolute Gasteiger partial charge is 0.462 e. The first-order chi connectivity index (χ1) is 29.0. The molecule has 6 heteroatoms. The van der Waals surface area contributed by atoms with Gasteiger partial charge in [0.1, 0.15) is 6.61 Å². The first kappa shape index (κ1) is 57.6. The zero-order valence-electron chi connectivity index (χ0n) is 40.0. The lowest BCUT2D eigenvalue weighted by Crippen LogP contribution is -2.41. The Morgan fingerprint density at radius 3 is 0.864 bits per heavy atom. The maximum atomic E-state index is 13.0. The van der Waals surface area contributed by atoms with Gasteiger partial charge in [0.05, 0.1) is 0 Å². The minimum absolute atomic E-state index is 0.249. The van der Waals surface area contributed by atoms with E-state index in [2.05, 4.69) is 20.8 Å². The molecule has 0 aliphatic heterocycles. The molecule has 0 aromatic carbocycles. The lowest BCUT2D eigenvalue weighted by molar-refractivity contribution is -0.168. The summed E-state index contributed by atoms with van der Waals surface area (Å²) in [5.41, 5.74) is 0. The van der Waals surface area contributed by atoms with Crippen LogP contribution in [0.1, 0.15) is 303 Å². The smallest absolute Gasteiger partial charge is 0.306 e. The van der Waals surface area contributed by atoms with Gasteiger partial charge in [0.2, 0.25) is 0 Å². The molecule has 0 radical (unpaired) electrons. The van der Waals surface area contributed by atoms with Gasteiger partial charge in [-0.05, 0) is 19.3 Å². The molecule has 0 aliphatic rings. The second-order valence-electron chi connectivity index (χ2n) is 18.3. The Balaban J connectivity index is 4.44. The van der Waals surface area contributed by atoms with Gasteiger partial charge in [0.25, 0.3) is 0 Å². The number of carbonyl (C=O) groups excluding carboxylic acids is 3. The van der Waals surface area contributed by atoms with E-state index in [1.54, 1.807) is 0 Å². The highest BCUT2D eigenvalue weighted by atomic mass is 16.6. The number of unbranched alkanes of at least 4 members (excludes halogenated alkanes) is 38. The van der Waals surface area contributed by atoms with Crippen molar-refractivity contribution in [3.8, 4) is 0 Å².